The Morgan fingerprint density at radius 1 is 1.20 bits per heavy atom. The Balaban J connectivity index is 1.78. The van der Waals surface area contributed by atoms with Gasteiger partial charge in [-0.15, -0.1) is 0 Å². The Labute approximate surface area is 123 Å². The molecule has 0 unspecified atom stereocenters. The van der Waals surface area contributed by atoms with Crippen LogP contribution in [0.25, 0.3) is 0 Å². The van der Waals surface area contributed by atoms with Gasteiger partial charge >= 0.3 is 0 Å². The Bertz CT molecular complexity index is 294. The van der Waals surface area contributed by atoms with Crippen molar-refractivity contribution in [3.05, 3.63) is 0 Å². The fourth-order valence-electron chi connectivity index (χ4n) is 2.77. The van der Waals surface area contributed by atoms with Gasteiger partial charge in [0, 0.05) is 39.3 Å². The number of hydrogen-bond donors (Lipinski definition) is 1. The topological polar surface area (TPSA) is 40.1 Å². The van der Waals surface area contributed by atoms with E-state index in [2.05, 4.69) is 29.0 Å². The van der Waals surface area contributed by atoms with Gasteiger partial charge < -0.3 is 15.0 Å². The molecule has 20 heavy (non-hydrogen) atoms. The summed E-state index contributed by atoms with van der Waals surface area (Å²) in [7, 11) is 0. The lowest BCUT2D eigenvalue weighted by Gasteiger charge is -2.33. The van der Waals surface area contributed by atoms with Crippen molar-refractivity contribution < 1.29 is 4.74 Å². The second-order valence-corrected chi connectivity index (χ2v) is 5.86. The highest BCUT2D eigenvalue weighted by Gasteiger charge is 2.18. The van der Waals surface area contributed by atoms with Gasteiger partial charge in [0.25, 0.3) is 0 Å². The summed E-state index contributed by atoms with van der Waals surface area (Å²) in [6.07, 6.45) is 2.57. The number of morpholine rings is 1. The van der Waals surface area contributed by atoms with Gasteiger partial charge in [-0.05, 0) is 25.7 Å². The lowest BCUT2D eigenvalue weighted by Crippen LogP contribution is -2.46. The van der Waals surface area contributed by atoms with Crippen LogP contribution in [-0.4, -0.2) is 74.8 Å². The minimum Gasteiger partial charge on any atom is -0.379 e. The molecule has 0 radical (unpaired) electrons. The predicted octanol–water partition coefficient (Wildman–Crippen LogP) is 1.02. The highest BCUT2D eigenvalue weighted by Crippen LogP contribution is 2.15. The lowest BCUT2D eigenvalue weighted by atomic mass is 10.00. The third-order valence-electron chi connectivity index (χ3n) is 4.20. The molecule has 0 aromatic rings. The van der Waals surface area contributed by atoms with E-state index in [9.17, 15) is 0 Å². The van der Waals surface area contributed by atoms with E-state index in [1.54, 1.807) is 0 Å². The summed E-state index contributed by atoms with van der Waals surface area (Å²) >= 11 is 0. The van der Waals surface area contributed by atoms with Crippen molar-refractivity contribution >= 4 is 5.96 Å². The van der Waals surface area contributed by atoms with Crippen LogP contribution in [0.1, 0.15) is 26.7 Å². The predicted molar refractivity (Wildman–Crippen MR) is 83.2 cm³/mol. The van der Waals surface area contributed by atoms with E-state index >= 15 is 0 Å². The molecule has 2 aliphatic heterocycles. The molecular weight excluding hydrogens is 252 g/mol. The summed E-state index contributed by atoms with van der Waals surface area (Å²) in [5, 5.41) is 3.44. The van der Waals surface area contributed by atoms with Gasteiger partial charge in [-0.25, -0.2) is 0 Å². The van der Waals surface area contributed by atoms with Gasteiger partial charge in [0.2, 0.25) is 0 Å². The summed E-state index contributed by atoms with van der Waals surface area (Å²) in [6, 6.07) is 0. The fraction of sp³-hybridized carbons (Fsp3) is 0.933. The van der Waals surface area contributed by atoms with Gasteiger partial charge in [-0.3, -0.25) is 9.89 Å². The molecular formula is C15H30N4O. The zero-order valence-electron chi connectivity index (χ0n) is 13.1. The van der Waals surface area contributed by atoms with Crippen LogP contribution in [-0.2, 0) is 4.74 Å². The summed E-state index contributed by atoms with van der Waals surface area (Å²) in [5.74, 6) is 1.97. The standard InChI is InChI=1S/C15H30N4O/c1-3-16-15(19-7-4-14(2)5-8-19)17-6-9-18-10-12-20-13-11-18/h14H,3-13H2,1-2H3,(H,16,17). The van der Waals surface area contributed by atoms with Crippen molar-refractivity contribution in [2.75, 3.05) is 59.0 Å². The molecule has 0 aromatic carbocycles. The molecule has 5 heteroatoms. The molecule has 0 saturated carbocycles. The fourth-order valence-corrected chi connectivity index (χ4v) is 2.77. The molecule has 0 spiro atoms. The summed E-state index contributed by atoms with van der Waals surface area (Å²) in [4.78, 5) is 9.66. The number of guanidine groups is 1. The second kappa shape index (κ2) is 8.47. The lowest BCUT2D eigenvalue weighted by molar-refractivity contribution is 0.0394. The number of ether oxygens (including phenoxy) is 1. The quantitative estimate of drug-likeness (QED) is 0.617. The molecule has 2 saturated heterocycles. The van der Waals surface area contributed by atoms with Gasteiger partial charge in [-0.1, -0.05) is 6.92 Å². The molecule has 2 rings (SSSR count). The average Bonchev–Trinajstić information content (AvgIpc) is 2.48. The first-order chi connectivity index (χ1) is 9.79. The minimum absolute atomic E-state index is 0.863. The third-order valence-corrected chi connectivity index (χ3v) is 4.20. The van der Waals surface area contributed by atoms with Crippen molar-refractivity contribution in [2.24, 2.45) is 10.9 Å². The smallest absolute Gasteiger partial charge is 0.193 e. The highest BCUT2D eigenvalue weighted by molar-refractivity contribution is 5.80. The van der Waals surface area contributed by atoms with E-state index in [0.29, 0.717) is 0 Å². The van der Waals surface area contributed by atoms with E-state index in [4.69, 9.17) is 9.73 Å². The van der Waals surface area contributed by atoms with E-state index in [1.165, 1.54) is 12.8 Å². The van der Waals surface area contributed by atoms with Crippen molar-refractivity contribution in [1.82, 2.24) is 15.1 Å². The Morgan fingerprint density at radius 2 is 1.90 bits per heavy atom. The Kier molecular flexibility index (Phi) is 6.60. The van der Waals surface area contributed by atoms with Crippen molar-refractivity contribution in [2.45, 2.75) is 26.7 Å². The number of piperidine rings is 1. The molecule has 5 nitrogen and oxygen atoms in total. The SMILES string of the molecule is CCNC(=NCCN1CCOCC1)N1CCC(C)CC1. The van der Waals surface area contributed by atoms with Crippen LogP contribution < -0.4 is 5.32 Å². The molecule has 2 fully saturated rings. The van der Waals surface area contributed by atoms with Crippen LogP contribution in [0.4, 0.5) is 0 Å². The van der Waals surface area contributed by atoms with Crippen molar-refractivity contribution in [3.63, 3.8) is 0 Å². The number of aliphatic imine (C=N–C) groups is 1. The first-order valence-electron chi connectivity index (χ1n) is 8.13. The summed E-state index contributed by atoms with van der Waals surface area (Å²) < 4.78 is 5.37. The van der Waals surface area contributed by atoms with Crippen molar-refractivity contribution in [1.29, 1.82) is 0 Å². The minimum atomic E-state index is 0.863. The van der Waals surface area contributed by atoms with E-state index in [-0.39, 0.29) is 0 Å². The first kappa shape index (κ1) is 15.6. The summed E-state index contributed by atoms with van der Waals surface area (Å²) in [5.41, 5.74) is 0. The van der Waals surface area contributed by atoms with Crippen LogP contribution in [0, 0.1) is 5.92 Å². The number of nitrogens with one attached hydrogen (secondary N) is 1. The molecule has 0 aromatic heterocycles. The van der Waals surface area contributed by atoms with Crippen LogP contribution in [0.15, 0.2) is 4.99 Å². The van der Waals surface area contributed by atoms with Gasteiger partial charge in [-0.2, -0.15) is 0 Å². The number of likely N-dealkylation sites (tertiary alicyclic amines) is 1. The average molecular weight is 282 g/mol. The maximum absolute atomic E-state index is 5.37. The maximum atomic E-state index is 5.37. The Morgan fingerprint density at radius 3 is 2.55 bits per heavy atom. The van der Waals surface area contributed by atoms with Gasteiger partial charge in [0.05, 0.1) is 19.8 Å². The number of hydrogen-bond acceptors (Lipinski definition) is 3. The van der Waals surface area contributed by atoms with Crippen LogP contribution in [0.2, 0.25) is 0 Å². The molecule has 0 amide bonds. The molecule has 1 N–H and O–H groups in total. The number of nitrogens with zero attached hydrogens (tertiary/aromatic N) is 3. The van der Waals surface area contributed by atoms with Crippen LogP contribution in [0.5, 0.6) is 0 Å². The van der Waals surface area contributed by atoms with Gasteiger partial charge in [0.1, 0.15) is 0 Å². The zero-order chi connectivity index (χ0) is 14.2. The second-order valence-electron chi connectivity index (χ2n) is 5.86. The molecule has 116 valence electrons. The summed E-state index contributed by atoms with van der Waals surface area (Å²) in [6.45, 7) is 13.5. The largest absolute Gasteiger partial charge is 0.379 e. The third kappa shape index (κ3) is 4.94. The van der Waals surface area contributed by atoms with E-state index < -0.39 is 0 Å². The molecule has 2 heterocycles. The molecule has 0 atom stereocenters. The first-order valence-corrected chi connectivity index (χ1v) is 8.13. The van der Waals surface area contributed by atoms with E-state index in [0.717, 1.165) is 70.9 Å². The normalized spacial score (nSPS) is 23.1. The van der Waals surface area contributed by atoms with Gasteiger partial charge in [0.15, 0.2) is 5.96 Å². The Hall–Kier alpha value is -0.810. The highest BCUT2D eigenvalue weighted by atomic mass is 16.5. The molecule has 0 aliphatic carbocycles. The molecule has 0 bridgehead atoms. The number of rotatable bonds is 4. The van der Waals surface area contributed by atoms with E-state index in [1.807, 2.05) is 0 Å². The van der Waals surface area contributed by atoms with Crippen LogP contribution in [0.3, 0.4) is 0 Å². The molecule has 2 aliphatic rings. The van der Waals surface area contributed by atoms with Crippen LogP contribution >= 0.6 is 0 Å². The maximum Gasteiger partial charge on any atom is 0.193 e. The zero-order valence-corrected chi connectivity index (χ0v) is 13.1. The monoisotopic (exact) mass is 282 g/mol. The van der Waals surface area contributed by atoms with Crippen molar-refractivity contribution in [3.8, 4) is 0 Å².